The van der Waals surface area contributed by atoms with E-state index in [0.717, 1.165) is 12.8 Å². The fourth-order valence-corrected chi connectivity index (χ4v) is 2.42. The second kappa shape index (κ2) is 6.04. The van der Waals surface area contributed by atoms with Gasteiger partial charge in [0.15, 0.2) is 0 Å². The lowest BCUT2D eigenvalue weighted by molar-refractivity contribution is -0.385. The number of rotatable bonds is 3. The molecular formula is C14H22N4O4. The number of nitro groups is 1. The van der Waals surface area contributed by atoms with Gasteiger partial charge in [0, 0.05) is 6.54 Å². The van der Waals surface area contributed by atoms with Crippen LogP contribution in [-0.2, 0) is 9.63 Å². The zero-order chi connectivity index (χ0) is 16.5. The molecule has 8 heteroatoms. The van der Waals surface area contributed by atoms with Crippen LogP contribution in [0.3, 0.4) is 0 Å². The van der Waals surface area contributed by atoms with Crippen molar-refractivity contribution in [2.75, 3.05) is 13.1 Å². The summed E-state index contributed by atoms with van der Waals surface area (Å²) in [5.41, 5.74) is -0.0179. The minimum absolute atomic E-state index is 0.0174. The van der Waals surface area contributed by atoms with Gasteiger partial charge >= 0.3 is 11.7 Å². The van der Waals surface area contributed by atoms with E-state index in [0.29, 0.717) is 18.8 Å². The van der Waals surface area contributed by atoms with Gasteiger partial charge in [-0.15, -0.1) is 5.06 Å². The summed E-state index contributed by atoms with van der Waals surface area (Å²) in [4.78, 5) is 27.9. The lowest BCUT2D eigenvalue weighted by Crippen LogP contribution is -2.41. The second-order valence-corrected chi connectivity index (χ2v) is 6.63. The predicted molar refractivity (Wildman–Crippen MR) is 79.0 cm³/mol. The van der Waals surface area contributed by atoms with E-state index >= 15 is 0 Å². The molecule has 1 fully saturated rings. The summed E-state index contributed by atoms with van der Waals surface area (Å²) in [6.07, 6.45) is 2.97. The van der Waals surface area contributed by atoms with E-state index in [4.69, 9.17) is 4.84 Å². The summed E-state index contributed by atoms with van der Waals surface area (Å²) in [6, 6.07) is -0.0322. The van der Waals surface area contributed by atoms with Crippen LogP contribution in [0.5, 0.6) is 0 Å². The minimum Gasteiger partial charge on any atom is -0.367 e. The van der Waals surface area contributed by atoms with Gasteiger partial charge in [-0.3, -0.25) is 14.8 Å². The molecule has 1 aliphatic heterocycles. The molecule has 1 saturated heterocycles. The molecule has 0 N–H and O–H groups in total. The van der Waals surface area contributed by atoms with Gasteiger partial charge in [-0.25, -0.2) is 4.79 Å². The van der Waals surface area contributed by atoms with Crippen LogP contribution in [0, 0.1) is 22.5 Å². The van der Waals surface area contributed by atoms with Gasteiger partial charge < -0.3 is 4.84 Å². The second-order valence-electron chi connectivity index (χ2n) is 6.63. The first-order chi connectivity index (χ1) is 10.2. The van der Waals surface area contributed by atoms with Gasteiger partial charge in [-0.1, -0.05) is 0 Å². The number of piperidine rings is 1. The number of hydrogen-bond donors (Lipinski definition) is 0. The number of aromatic nitrogens is 2. The number of nitrogens with zero attached hydrogens (tertiary/aromatic N) is 4. The molecule has 8 nitrogen and oxygen atoms in total. The molecule has 1 aromatic rings. The van der Waals surface area contributed by atoms with E-state index in [1.54, 1.807) is 37.4 Å². The summed E-state index contributed by atoms with van der Waals surface area (Å²) in [6.45, 7) is 8.25. The Labute approximate surface area is 129 Å². The first-order valence-electron chi connectivity index (χ1n) is 7.36. The maximum absolute atomic E-state index is 12.0. The molecule has 0 aliphatic carbocycles. The van der Waals surface area contributed by atoms with Crippen LogP contribution >= 0.6 is 0 Å². The molecule has 1 aliphatic rings. The SMILES string of the molecule is Cc1c([N+](=O)[O-])cnn1[C@H]1CCCN(OC(=O)C(C)(C)C)C1. The molecular weight excluding hydrogens is 288 g/mol. The van der Waals surface area contributed by atoms with Gasteiger partial charge in [-0.05, 0) is 40.5 Å². The van der Waals surface area contributed by atoms with Crippen molar-refractivity contribution >= 4 is 11.7 Å². The highest BCUT2D eigenvalue weighted by Crippen LogP contribution is 2.27. The van der Waals surface area contributed by atoms with Gasteiger partial charge in [0.25, 0.3) is 0 Å². The van der Waals surface area contributed by atoms with Crippen molar-refractivity contribution in [3.63, 3.8) is 0 Å². The highest BCUT2D eigenvalue weighted by atomic mass is 16.7. The van der Waals surface area contributed by atoms with Crippen molar-refractivity contribution in [1.29, 1.82) is 0 Å². The van der Waals surface area contributed by atoms with Gasteiger partial charge in [-0.2, -0.15) is 5.10 Å². The summed E-state index contributed by atoms with van der Waals surface area (Å²) in [5.74, 6) is -0.281. The average Bonchev–Trinajstić information content (AvgIpc) is 2.80. The first kappa shape index (κ1) is 16.4. The third-order valence-corrected chi connectivity index (χ3v) is 3.74. The maximum Gasteiger partial charge on any atom is 0.330 e. The van der Waals surface area contributed by atoms with Crippen LogP contribution < -0.4 is 0 Å². The topological polar surface area (TPSA) is 90.5 Å². The molecule has 0 unspecified atom stereocenters. The third-order valence-electron chi connectivity index (χ3n) is 3.74. The first-order valence-corrected chi connectivity index (χ1v) is 7.36. The highest BCUT2D eigenvalue weighted by Gasteiger charge is 2.31. The Hall–Kier alpha value is -1.96. The molecule has 0 radical (unpaired) electrons. The van der Waals surface area contributed by atoms with E-state index in [-0.39, 0.29) is 17.7 Å². The van der Waals surface area contributed by atoms with Crippen molar-refractivity contribution in [3.05, 3.63) is 22.0 Å². The Morgan fingerprint density at radius 1 is 1.50 bits per heavy atom. The maximum atomic E-state index is 12.0. The van der Waals surface area contributed by atoms with Crippen molar-refractivity contribution in [2.45, 2.75) is 46.6 Å². The Kier molecular flexibility index (Phi) is 4.50. The van der Waals surface area contributed by atoms with Crippen LogP contribution in [0.25, 0.3) is 0 Å². The fraction of sp³-hybridized carbons (Fsp3) is 0.714. The van der Waals surface area contributed by atoms with Crippen molar-refractivity contribution in [2.24, 2.45) is 5.41 Å². The minimum atomic E-state index is -0.562. The molecule has 0 spiro atoms. The summed E-state index contributed by atoms with van der Waals surface area (Å²) in [7, 11) is 0. The number of hydroxylamine groups is 2. The van der Waals surface area contributed by atoms with E-state index in [9.17, 15) is 14.9 Å². The Balaban J connectivity index is 2.08. The van der Waals surface area contributed by atoms with E-state index < -0.39 is 10.3 Å². The average molecular weight is 310 g/mol. The molecule has 0 aromatic carbocycles. The van der Waals surface area contributed by atoms with Crippen LogP contribution in [0.1, 0.15) is 45.3 Å². The monoisotopic (exact) mass is 310 g/mol. The van der Waals surface area contributed by atoms with Gasteiger partial charge in [0.1, 0.15) is 11.9 Å². The fourth-order valence-electron chi connectivity index (χ4n) is 2.42. The molecule has 2 heterocycles. The van der Waals surface area contributed by atoms with Crippen LogP contribution in [0.4, 0.5) is 5.69 Å². The Morgan fingerprint density at radius 2 is 2.18 bits per heavy atom. The molecule has 1 aromatic heterocycles. The molecule has 1 atom stereocenters. The summed E-state index contributed by atoms with van der Waals surface area (Å²) < 4.78 is 1.66. The van der Waals surface area contributed by atoms with E-state index in [2.05, 4.69) is 5.10 Å². The van der Waals surface area contributed by atoms with Gasteiger partial charge in [0.05, 0.1) is 22.9 Å². The molecule has 0 saturated carbocycles. The zero-order valence-corrected chi connectivity index (χ0v) is 13.4. The van der Waals surface area contributed by atoms with Crippen LogP contribution in [0.2, 0.25) is 0 Å². The van der Waals surface area contributed by atoms with Crippen LogP contribution in [0.15, 0.2) is 6.20 Å². The van der Waals surface area contributed by atoms with Crippen molar-refractivity contribution in [1.82, 2.24) is 14.8 Å². The number of hydrogen-bond acceptors (Lipinski definition) is 6. The van der Waals surface area contributed by atoms with Crippen LogP contribution in [-0.4, -0.2) is 38.8 Å². The van der Waals surface area contributed by atoms with E-state index in [1.807, 2.05) is 0 Å². The Bertz CT molecular complexity index is 576. The number of carbonyl (C=O) groups excluding carboxylic acids is 1. The summed E-state index contributed by atoms with van der Waals surface area (Å²) in [5, 5.41) is 16.7. The predicted octanol–water partition coefficient (Wildman–Crippen LogP) is 2.24. The standard InChI is InChI=1S/C14H22N4O4/c1-10-12(18(20)21)8-15-17(10)11-6-5-7-16(9-11)22-13(19)14(2,3)4/h8,11H,5-7,9H2,1-4H3/t11-/m0/s1. The van der Waals surface area contributed by atoms with Crippen molar-refractivity contribution < 1.29 is 14.6 Å². The quantitative estimate of drug-likeness (QED) is 0.628. The molecule has 22 heavy (non-hydrogen) atoms. The lowest BCUT2D eigenvalue weighted by atomic mass is 9.98. The smallest absolute Gasteiger partial charge is 0.330 e. The zero-order valence-electron chi connectivity index (χ0n) is 13.4. The molecule has 0 amide bonds. The summed E-state index contributed by atoms with van der Waals surface area (Å²) >= 11 is 0. The normalized spacial score (nSPS) is 19.9. The van der Waals surface area contributed by atoms with Crippen molar-refractivity contribution in [3.8, 4) is 0 Å². The molecule has 122 valence electrons. The van der Waals surface area contributed by atoms with Gasteiger partial charge in [0.2, 0.25) is 0 Å². The van der Waals surface area contributed by atoms with E-state index in [1.165, 1.54) is 6.20 Å². The Morgan fingerprint density at radius 3 is 2.73 bits per heavy atom. The largest absolute Gasteiger partial charge is 0.367 e. The molecule has 0 bridgehead atoms. The third kappa shape index (κ3) is 3.44. The highest BCUT2D eigenvalue weighted by molar-refractivity contribution is 5.75. The number of carbonyl (C=O) groups is 1. The molecule has 2 rings (SSSR count). The lowest BCUT2D eigenvalue weighted by Gasteiger charge is -2.33.